The average molecular weight is 729 g/mol. The van der Waals surface area contributed by atoms with E-state index >= 15 is 0 Å². The number of halogens is 2. The molecule has 0 spiro atoms. The van der Waals surface area contributed by atoms with Crippen LogP contribution in [0.5, 0.6) is 5.75 Å². The number of esters is 1. The summed E-state index contributed by atoms with van der Waals surface area (Å²) >= 11 is 7.22. The average Bonchev–Trinajstić information content (AvgIpc) is 3.25. The molecule has 40 heavy (non-hydrogen) atoms. The zero-order valence-corrected chi connectivity index (χ0v) is 26.7. The van der Waals surface area contributed by atoms with Crippen molar-refractivity contribution >= 4 is 61.9 Å². The van der Waals surface area contributed by atoms with Gasteiger partial charge in [-0.3, -0.25) is 9.36 Å². The van der Waals surface area contributed by atoms with Gasteiger partial charge < -0.3 is 9.47 Å². The topological polar surface area (TPSA) is 69.9 Å². The number of ether oxygens (including phenoxy) is 2. The van der Waals surface area contributed by atoms with E-state index in [0.717, 1.165) is 30.5 Å². The number of aromatic nitrogens is 1. The summed E-state index contributed by atoms with van der Waals surface area (Å²) in [5.74, 6) is 0.267. The number of aryl methyl sites for hydroxylation is 1. The molecule has 0 radical (unpaired) electrons. The zero-order valence-electron chi connectivity index (χ0n) is 22.1. The van der Waals surface area contributed by atoms with Gasteiger partial charge in [-0.1, -0.05) is 78.4 Å². The van der Waals surface area contributed by atoms with E-state index in [4.69, 9.17) is 14.5 Å². The molecule has 9 heteroatoms. The molecule has 0 saturated carbocycles. The lowest BCUT2D eigenvalue weighted by Gasteiger charge is -2.25. The molecule has 5 rings (SSSR count). The van der Waals surface area contributed by atoms with Gasteiger partial charge in [-0.2, -0.15) is 0 Å². The molecule has 3 aromatic carbocycles. The largest absolute Gasteiger partial charge is 0.487 e. The normalized spacial score (nSPS) is 15.0. The number of thiazole rings is 1. The standard InChI is InChI=1S/C31H26BrIN2O4S/c1-4-24-26(30(37)38-3)27(21-11-6-5-7-12-21)35-29(36)25(40-31(35)34-24)16-20-14-22(32)28(23(33)15-20)39-17-19-10-8-9-18(2)13-19/h5-16,27H,4,17H2,1-3H3/b25-16-/t27-/m1/s1. The number of methoxy groups -OCH3 is 1. The monoisotopic (exact) mass is 728 g/mol. The number of benzene rings is 3. The predicted octanol–water partition coefficient (Wildman–Crippen LogP) is 6.05. The van der Waals surface area contributed by atoms with Crippen LogP contribution in [0.2, 0.25) is 0 Å². The summed E-state index contributed by atoms with van der Waals surface area (Å²) in [5, 5.41) is 0. The van der Waals surface area contributed by atoms with E-state index in [-0.39, 0.29) is 5.56 Å². The maximum Gasteiger partial charge on any atom is 0.338 e. The number of rotatable bonds is 7. The van der Waals surface area contributed by atoms with Gasteiger partial charge in [-0.05, 0) is 86.8 Å². The first-order valence-electron chi connectivity index (χ1n) is 12.7. The van der Waals surface area contributed by atoms with Crippen LogP contribution in [0.4, 0.5) is 0 Å². The third-order valence-corrected chi connectivity index (χ3v) is 8.92. The second-order valence-electron chi connectivity index (χ2n) is 9.29. The fourth-order valence-corrected chi connectivity index (χ4v) is 7.51. The molecule has 204 valence electrons. The summed E-state index contributed by atoms with van der Waals surface area (Å²) in [6.45, 7) is 4.46. The number of carbonyl (C=O) groups is 1. The van der Waals surface area contributed by atoms with E-state index in [1.54, 1.807) is 4.57 Å². The second-order valence-corrected chi connectivity index (χ2v) is 12.3. The first kappa shape index (κ1) is 28.5. The van der Waals surface area contributed by atoms with Crippen LogP contribution in [0.15, 0.2) is 92.3 Å². The molecule has 0 N–H and O–H groups in total. The quantitative estimate of drug-likeness (QED) is 0.172. The number of nitrogens with zero attached hydrogens (tertiary/aromatic N) is 2. The van der Waals surface area contributed by atoms with Gasteiger partial charge in [0.2, 0.25) is 0 Å². The molecule has 2 heterocycles. The molecule has 0 unspecified atom stereocenters. The van der Waals surface area contributed by atoms with Crippen LogP contribution in [-0.4, -0.2) is 17.6 Å². The van der Waals surface area contributed by atoms with Crippen molar-refractivity contribution in [2.24, 2.45) is 4.99 Å². The smallest absolute Gasteiger partial charge is 0.338 e. The van der Waals surface area contributed by atoms with Crippen molar-refractivity contribution in [3.05, 3.63) is 128 Å². The molecule has 6 nitrogen and oxygen atoms in total. The molecule has 4 aromatic rings. The Bertz CT molecular complexity index is 1790. The Kier molecular flexibility index (Phi) is 8.72. The van der Waals surface area contributed by atoms with Gasteiger partial charge in [-0.15, -0.1) is 0 Å². The van der Waals surface area contributed by atoms with Crippen LogP contribution in [-0.2, 0) is 16.1 Å². The van der Waals surface area contributed by atoms with Crippen LogP contribution >= 0.6 is 49.9 Å². The molecule has 0 amide bonds. The third kappa shape index (κ3) is 5.73. The molecule has 0 bridgehead atoms. The summed E-state index contributed by atoms with van der Waals surface area (Å²) in [5.41, 5.74) is 4.76. The third-order valence-electron chi connectivity index (χ3n) is 6.55. The molecule has 1 atom stereocenters. The summed E-state index contributed by atoms with van der Waals surface area (Å²) in [4.78, 5) is 32.1. The minimum absolute atomic E-state index is 0.208. The van der Waals surface area contributed by atoms with E-state index in [0.29, 0.717) is 33.6 Å². The maximum atomic E-state index is 13.8. The number of allylic oxidation sites excluding steroid dienone is 1. The zero-order chi connectivity index (χ0) is 28.4. The van der Waals surface area contributed by atoms with Gasteiger partial charge in [0.1, 0.15) is 12.4 Å². The first-order chi connectivity index (χ1) is 19.3. The van der Waals surface area contributed by atoms with Crippen molar-refractivity contribution < 1.29 is 14.3 Å². The Labute approximate surface area is 258 Å². The Balaban J connectivity index is 1.57. The van der Waals surface area contributed by atoms with Crippen molar-refractivity contribution in [2.45, 2.75) is 32.9 Å². The molecule has 0 saturated heterocycles. The predicted molar refractivity (Wildman–Crippen MR) is 169 cm³/mol. The maximum absolute atomic E-state index is 13.8. The molecule has 1 aliphatic rings. The second kappa shape index (κ2) is 12.2. The lowest BCUT2D eigenvalue weighted by atomic mass is 9.95. The van der Waals surface area contributed by atoms with E-state index in [1.165, 1.54) is 24.0 Å². The van der Waals surface area contributed by atoms with Crippen molar-refractivity contribution in [1.29, 1.82) is 0 Å². The molecule has 0 fully saturated rings. The Morgan fingerprint density at radius 1 is 1.15 bits per heavy atom. The minimum atomic E-state index is -0.619. The van der Waals surface area contributed by atoms with Crippen molar-refractivity contribution in [1.82, 2.24) is 4.57 Å². The van der Waals surface area contributed by atoms with Gasteiger partial charge in [0.05, 0.1) is 37.0 Å². The SMILES string of the molecule is CCC1=C(C(=O)OC)[C@@H](c2ccccc2)n2c(s/c(=C\c3cc(Br)c(OCc4cccc(C)c4)c(I)c3)c2=O)=N1. The van der Waals surface area contributed by atoms with Crippen LogP contribution in [0.1, 0.15) is 41.6 Å². The fraction of sp³-hybridized carbons (Fsp3) is 0.194. The van der Waals surface area contributed by atoms with Gasteiger partial charge in [0.25, 0.3) is 5.56 Å². The van der Waals surface area contributed by atoms with Crippen LogP contribution in [0, 0.1) is 10.5 Å². The Morgan fingerprint density at radius 3 is 2.60 bits per heavy atom. The van der Waals surface area contributed by atoms with Crippen molar-refractivity contribution in [3.8, 4) is 5.75 Å². The highest BCUT2D eigenvalue weighted by molar-refractivity contribution is 14.1. The highest BCUT2D eigenvalue weighted by Crippen LogP contribution is 2.34. The number of hydrogen-bond donors (Lipinski definition) is 0. The number of hydrogen-bond acceptors (Lipinski definition) is 6. The summed E-state index contributed by atoms with van der Waals surface area (Å²) in [6.07, 6.45) is 2.39. The number of fused-ring (bicyclic) bond motifs is 1. The van der Waals surface area contributed by atoms with Gasteiger partial charge in [0.15, 0.2) is 4.80 Å². The van der Waals surface area contributed by atoms with Crippen LogP contribution < -0.4 is 19.6 Å². The highest BCUT2D eigenvalue weighted by Gasteiger charge is 2.33. The molecule has 1 aromatic heterocycles. The molecule has 0 aliphatic carbocycles. The Hall–Kier alpha value is -3.02. The van der Waals surface area contributed by atoms with Crippen molar-refractivity contribution in [3.63, 3.8) is 0 Å². The lowest BCUT2D eigenvalue weighted by Crippen LogP contribution is -2.40. The molecular formula is C31H26BrIN2O4S. The van der Waals surface area contributed by atoms with Crippen molar-refractivity contribution in [2.75, 3.05) is 7.11 Å². The molecule has 1 aliphatic heterocycles. The van der Waals surface area contributed by atoms with E-state index in [2.05, 4.69) is 57.6 Å². The Morgan fingerprint density at radius 2 is 1.93 bits per heavy atom. The summed E-state index contributed by atoms with van der Waals surface area (Å²) < 4.78 is 15.1. The van der Waals surface area contributed by atoms with E-state index in [1.807, 2.05) is 67.6 Å². The van der Waals surface area contributed by atoms with E-state index in [9.17, 15) is 9.59 Å². The first-order valence-corrected chi connectivity index (χ1v) is 15.3. The highest BCUT2D eigenvalue weighted by atomic mass is 127. The van der Waals surface area contributed by atoms with Gasteiger partial charge in [-0.25, -0.2) is 9.79 Å². The molecular weight excluding hydrogens is 703 g/mol. The van der Waals surface area contributed by atoms with Crippen LogP contribution in [0.25, 0.3) is 6.08 Å². The minimum Gasteiger partial charge on any atom is -0.487 e. The summed E-state index contributed by atoms with van der Waals surface area (Å²) in [7, 11) is 1.35. The fourth-order valence-electron chi connectivity index (χ4n) is 4.72. The van der Waals surface area contributed by atoms with Crippen LogP contribution in [0.3, 0.4) is 0 Å². The van der Waals surface area contributed by atoms with E-state index < -0.39 is 12.0 Å². The van der Waals surface area contributed by atoms with Gasteiger partial charge >= 0.3 is 5.97 Å². The van der Waals surface area contributed by atoms with Gasteiger partial charge in [0, 0.05) is 0 Å². The summed E-state index contributed by atoms with van der Waals surface area (Å²) in [6, 6.07) is 21.1. The number of carbonyl (C=O) groups excluding carboxylic acids is 1. The lowest BCUT2D eigenvalue weighted by molar-refractivity contribution is -0.136.